The van der Waals surface area contributed by atoms with Crippen molar-refractivity contribution in [2.75, 3.05) is 5.75 Å². The average Bonchev–Trinajstić information content (AvgIpc) is 2.24. The van der Waals surface area contributed by atoms with Crippen LogP contribution in [-0.2, 0) is 10.1 Å². The van der Waals surface area contributed by atoms with Gasteiger partial charge in [-0.1, -0.05) is 59.2 Å². The van der Waals surface area contributed by atoms with Crippen molar-refractivity contribution in [1.82, 2.24) is 0 Å². The molecule has 2 nitrogen and oxygen atoms in total. The molecule has 2 N–H and O–H groups in total. The van der Waals surface area contributed by atoms with Gasteiger partial charge < -0.3 is 9.79 Å². The average molecular weight is 300 g/mol. The first-order valence-electron chi connectivity index (χ1n) is 6.64. The second kappa shape index (κ2) is 9.03. The van der Waals surface area contributed by atoms with Gasteiger partial charge in [0.2, 0.25) is 0 Å². The van der Waals surface area contributed by atoms with E-state index in [2.05, 4.69) is 39.9 Å². The van der Waals surface area contributed by atoms with Crippen LogP contribution in [0.15, 0.2) is 0 Å². The maximum atomic E-state index is 9.88. The van der Waals surface area contributed by atoms with Gasteiger partial charge in [0.1, 0.15) is 0 Å². The van der Waals surface area contributed by atoms with Crippen molar-refractivity contribution in [3.8, 4) is 0 Å². The lowest BCUT2D eigenvalue weighted by Crippen LogP contribution is -2.18. The van der Waals surface area contributed by atoms with E-state index in [0.29, 0.717) is 11.2 Å². The molecule has 0 saturated carbocycles. The van der Waals surface area contributed by atoms with E-state index in [1.807, 2.05) is 0 Å². The summed E-state index contributed by atoms with van der Waals surface area (Å²) in [4.78, 5) is 19.8. The van der Waals surface area contributed by atoms with E-state index < -0.39 is 5.69 Å². The molecule has 106 valence electrons. The fourth-order valence-electron chi connectivity index (χ4n) is 2.06. The van der Waals surface area contributed by atoms with E-state index in [9.17, 15) is 9.79 Å². The molecule has 0 heterocycles. The Hall–Kier alpha value is 1.05. The number of hydrogen-bond donors (Lipinski definition) is 3. The molecule has 0 rings (SSSR count). The standard InChI is InChI=1S/C12H29O2PS2/c1-5-8-9-17(15(13,14)16)11(4)10-12(6-2)7-3/h11-14,16H,5-10H2,1-4H3. The van der Waals surface area contributed by atoms with Gasteiger partial charge in [-0.25, -0.2) is 0 Å². The molecule has 17 heavy (non-hydrogen) atoms. The molecule has 0 aliphatic heterocycles. The van der Waals surface area contributed by atoms with Crippen LogP contribution in [0.5, 0.6) is 0 Å². The first kappa shape index (κ1) is 18.0. The Morgan fingerprint density at radius 3 is 2.06 bits per heavy atom. The SMILES string of the molecule is CCCCS(C(C)CC(CC)CC)=P(O)(O)S. The van der Waals surface area contributed by atoms with Gasteiger partial charge in [-0.3, -0.25) is 0 Å². The van der Waals surface area contributed by atoms with E-state index in [-0.39, 0.29) is 10.1 Å². The molecule has 0 aliphatic carbocycles. The predicted octanol–water partition coefficient (Wildman–Crippen LogP) is 4.21. The summed E-state index contributed by atoms with van der Waals surface area (Å²) in [6, 6.07) is 0. The largest absolute Gasteiger partial charge is 0.341 e. The highest BCUT2D eigenvalue weighted by Crippen LogP contribution is 2.49. The Balaban J connectivity index is 4.72. The van der Waals surface area contributed by atoms with Gasteiger partial charge >= 0.3 is 0 Å². The molecule has 0 radical (unpaired) electrons. The third-order valence-electron chi connectivity index (χ3n) is 3.31. The minimum atomic E-state index is -2.97. The van der Waals surface area contributed by atoms with Gasteiger partial charge in [0.15, 0.2) is 5.69 Å². The van der Waals surface area contributed by atoms with Crippen LogP contribution in [-0.4, -0.2) is 20.8 Å². The zero-order chi connectivity index (χ0) is 13.5. The Bertz CT molecular complexity index is 251. The lowest BCUT2D eigenvalue weighted by atomic mass is 9.98. The molecule has 5 heteroatoms. The van der Waals surface area contributed by atoms with Crippen LogP contribution in [0.25, 0.3) is 0 Å². The highest BCUT2D eigenvalue weighted by molar-refractivity contribution is 8.65. The number of rotatable bonds is 8. The van der Waals surface area contributed by atoms with Crippen molar-refractivity contribution in [3.05, 3.63) is 0 Å². The van der Waals surface area contributed by atoms with Crippen molar-refractivity contribution in [2.24, 2.45) is 5.92 Å². The van der Waals surface area contributed by atoms with E-state index in [0.717, 1.165) is 25.0 Å². The molecule has 0 bridgehead atoms. The first-order chi connectivity index (χ1) is 7.86. The third kappa shape index (κ3) is 7.27. The molecule has 0 amide bonds. The Morgan fingerprint density at radius 2 is 1.71 bits per heavy atom. The molecule has 0 fully saturated rings. The molecular formula is C12H29O2PS2. The molecule has 0 aromatic heterocycles. The van der Waals surface area contributed by atoms with Crippen molar-refractivity contribution in [1.29, 1.82) is 0 Å². The van der Waals surface area contributed by atoms with Crippen molar-refractivity contribution in [3.63, 3.8) is 0 Å². The van der Waals surface area contributed by atoms with Crippen molar-refractivity contribution in [2.45, 2.75) is 65.0 Å². The summed E-state index contributed by atoms with van der Waals surface area (Å²) in [5.74, 6) is 1.63. The minimum absolute atomic E-state index is 0.324. The quantitative estimate of drug-likeness (QED) is 0.464. The number of thiol groups is 1. The summed E-state index contributed by atoms with van der Waals surface area (Å²) >= 11 is 4.08. The molecule has 0 spiro atoms. The van der Waals surface area contributed by atoms with Crippen LogP contribution in [0.4, 0.5) is 0 Å². The monoisotopic (exact) mass is 300 g/mol. The molecule has 0 aliphatic rings. The minimum Gasteiger partial charge on any atom is -0.341 e. The second-order valence-electron chi connectivity index (χ2n) is 4.70. The van der Waals surface area contributed by atoms with Gasteiger partial charge in [-0.05, 0) is 24.5 Å². The van der Waals surface area contributed by atoms with Crippen LogP contribution in [0.3, 0.4) is 0 Å². The number of hydrogen-bond acceptors (Lipinski definition) is 0. The van der Waals surface area contributed by atoms with Crippen molar-refractivity contribution < 1.29 is 9.79 Å². The number of unbranched alkanes of at least 4 members (excludes halogenated alkanes) is 1. The lowest BCUT2D eigenvalue weighted by molar-refractivity contribution is 0.454. The third-order valence-corrected chi connectivity index (χ3v) is 11.2. The molecular weight excluding hydrogens is 271 g/mol. The van der Waals surface area contributed by atoms with Gasteiger partial charge in [0.25, 0.3) is 0 Å². The topological polar surface area (TPSA) is 40.5 Å². The van der Waals surface area contributed by atoms with Gasteiger partial charge in [-0.2, -0.15) is 0 Å². The lowest BCUT2D eigenvalue weighted by Gasteiger charge is -2.25. The summed E-state index contributed by atoms with van der Waals surface area (Å²) in [7, 11) is -0.324. The summed E-state index contributed by atoms with van der Waals surface area (Å²) in [5, 5.41) is 0.382. The van der Waals surface area contributed by atoms with Gasteiger partial charge in [-0.15, -0.1) is 10.1 Å². The summed E-state index contributed by atoms with van der Waals surface area (Å²) in [6.07, 6.45) is 5.64. The smallest absolute Gasteiger partial charge is 0.199 e. The van der Waals surface area contributed by atoms with Crippen LogP contribution in [0.1, 0.15) is 59.8 Å². The fourth-order valence-corrected chi connectivity index (χ4v) is 9.28. The van der Waals surface area contributed by atoms with E-state index in [4.69, 9.17) is 0 Å². The normalized spacial score (nSPS) is 16.2. The van der Waals surface area contributed by atoms with Crippen LogP contribution < -0.4 is 0 Å². The van der Waals surface area contributed by atoms with E-state index in [1.165, 1.54) is 12.8 Å². The predicted molar refractivity (Wildman–Crippen MR) is 85.6 cm³/mol. The molecule has 0 aromatic carbocycles. The molecule has 0 saturated heterocycles. The maximum Gasteiger partial charge on any atom is 0.199 e. The van der Waals surface area contributed by atoms with Crippen LogP contribution in [0.2, 0.25) is 0 Å². The highest BCUT2D eigenvalue weighted by atomic mass is 32.9. The Labute approximate surface area is 114 Å². The first-order valence-corrected chi connectivity index (χ1v) is 11.5. The van der Waals surface area contributed by atoms with Crippen LogP contribution in [0, 0.1) is 5.92 Å². The van der Waals surface area contributed by atoms with Crippen LogP contribution >= 0.6 is 17.9 Å². The Kier molecular flexibility index (Phi) is 9.59. The zero-order valence-electron chi connectivity index (χ0n) is 11.6. The fraction of sp³-hybridized carbons (Fsp3) is 1.00. The van der Waals surface area contributed by atoms with Gasteiger partial charge in [0, 0.05) is 5.25 Å². The summed E-state index contributed by atoms with van der Waals surface area (Å²) < 4.78 is 0. The summed E-state index contributed by atoms with van der Waals surface area (Å²) in [6.45, 7) is 8.73. The van der Waals surface area contributed by atoms with Crippen molar-refractivity contribution >= 4 is 28.0 Å². The summed E-state index contributed by atoms with van der Waals surface area (Å²) in [5.41, 5.74) is -2.97. The van der Waals surface area contributed by atoms with Gasteiger partial charge in [0.05, 0.1) is 0 Å². The zero-order valence-corrected chi connectivity index (χ0v) is 14.2. The molecule has 2 unspecified atom stereocenters. The molecule has 0 aromatic rings. The second-order valence-corrected chi connectivity index (χ2v) is 13.2. The molecule has 2 atom stereocenters. The Morgan fingerprint density at radius 1 is 1.18 bits per heavy atom. The van der Waals surface area contributed by atoms with E-state index >= 15 is 0 Å². The highest BCUT2D eigenvalue weighted by Gasteiger charge is 2.19. The van der Waals surface area contributed by atoms with E-state index in [1.54, 1.807) is 0 Å². The maximum absolute atomic E-state index is 9.88.